The SMILES string of the molecule is O=C1COc2cccc(OCC#Cc3ccc(F)cc3)c2N1. The molecular formula is C17H12FNO3. The first-order valence-corrected chi connectivity index (χ1v) is 6.65. The predicted octanol–water partition coefficient (Wildman–Crippen LogP) is 2.59. The van der Waals surface area contributed by atoms with Gasteiger partial charge in [-0.2, -0.15) is 0 Å². The number of para-hydroxylation sites is 1. The molecule has 0 unspecified atom stereocenters. The van der Waals surface area contributed by atoms with E-state index in [4.69, 9.17) is 9.47 Å². The molecule has 0 bridgehead atoms. The highest BCUT2D eigenvalue weighted by Crippen LogP contribution is 2.36. The van der Waals surface area contributed by atoms with Gasteiger partial charge in [0.05, 0.1) is 0 Å². The summed E-state index contributed by atoms with van der Waals surface area (Å²) in [5.41, 5.74) is 1.22. The maximum Gasteiger partial charge on any atom is 0.262 e. The molecule has 0 aliphatic carbocycles. The van der Waals surface area contributed by atoms with Crippen molar-refractivity contribution in [3.8, 4) is 23.3 Å². The van der Waals surface area contributed by atoms with E-state index < -0.39 is 0 Å². The van der Waals surface area contributed by atoms with E-state index in [1.54, 1.807) is 30.3 Å². The lowest BCUT2D eigenvalue weighted by atomic mass is 10.2. The van der Waals surface area contributed by atoms with Gasteiger partial charge in [-0.3, -0.25) is 4.79 Å². The second-order valence-corrected chi connectivity index (χ2v) is 4.56. The third-order valence-electron chi connectivity index (χ3n) is 2.99. The maximum absolute atomic E-state index is 12.8. The van der Waals surface area contributed by atoms with Crippen LogP contribution in [0.1, 0.15) is 5.56 Å². The number of anilines is 1. The van der Waals surface area contributed by atoms with Crippen LogP contribution in [0.3, 0.4) is 0 Å². The molecule has 0 saturated heterocycles. The van der Waals surface area contributed by atoms with Crippen LogP contribution in [0.4, 0.5) is 10.1 Å². The number of hydrogen-bond acceptors (Lipinski definition) is 3. The van der Waals surface area contributed by atoms with E-state index in [9.17, 15) is 9.18 Å². The van der Waals surface area contributed by atoms with Gasteiger partial charge in [0.25, 0.3) is 5.91 Å². The molecule has 1 aliphatic rings. The fourth-order valence-electron chi connectivity index (χ4n) is 1.98. The molecule has 0 atom stereocenters. The molecule has 5 heteroatoms. The summed E-state index contributed by atoms with van der Waals surface area (Å²) in [6.07, 6.45) is 0. The van der Waals surface area contributed by atoms with Gasteiger partial charge in [-0.1, -0.05) is 17.9 Å². The number of nitrogens with one attached hydrogen (secondary N) is 1. The molecule has 2 aromatic carbocycles. The number of benzene rings is 2. The molecule has 0 aromatic heterocycles. The van der Waals surface area contributed by atoms with Gasteiger partial charge in [0.1, 0.15) is 29.6 Å². The van der Waals surface area contributed by atoms with Crippen molar-refractivity contribution < 1.29 is 18.7 Å². The van der Waals surface area contributed by atoms with Gasteiger partial charge in [0.2, 0.25) is 0 Å². The van der Waals surface area contributed by atoms with Crippen molar-refractivity contribution in [3.63, 3.8) is 0 Å². The summed E-state index contributed by atoms with van der Waals surface area (Å²) in [7, 11) is 0. The lowest BCUT2D eigenvalue weighted by Crippen LogP contribution is -2.25. The highest BCUT2D eigenvalue weighted by molar-refractivity contribution is 5.97. The average molecular weight is 297 g/mol. The Bertz CT molecular complexity index is 760. The standard InChI is InChI=1S/C17H12FNO3/c18-13-8-6-12(7-9-13)3-2-10-21-14-4-1-5-15-17(14)19-16(20)11-22-15/h1,4-9H,10-11H2,(H,19,20). The topological polar surface area (TPSA) is 47.6 Å². The predicted molar refractivity (Wildman–Crippen MR) is 79.3 cm³/mol. The minimum absolute atomic E-state index is 0.000819. The molecular weight excluding hydrogens is 285 g/mol. The summed E-state index contributed by atoms with van der Waals surface area (Å²) in [4.78, 5) is 11.4. The van der Waals surface area contributed by atoms with Crippen LogP contribution in [0.2, 0.25) is 0 Å². The molecule has 2 aromatic rings. The molecule has 1 amide bonds. The quantitative estimate of drug-likeness (QED) is 0.867. The van der Waals surface area contributed by atoms with Crippen LogP contribution in [0.5, 0.6) is 11.5 Å². The van der Waals surface area contributed by atoms with Crippen LogP contribution in [0, 0.1) is 17.7 Å². The molecule has 1 N–H and O–H groups in total. The van der Waals surface area contributed by atoms with Gasteiger partial charge in [0, 0.05) is 5.56 Å². The van der Waals surface area contributed by atoms with E-state index in [0.717, 1.165) is 0 Å². The van der Waals surface area contributed by atoms with Crippen molar-refractivity contribution in [2.75, 3.05) is 18.5 Å². The lowest BCUT2D eigenvalue weighted by Gasteiger charge is -2.20. The Kier molecular flexibility index (Phi) is 3.92. The minimum Gasteiger partial charge on any atom is -0.481 e. The summed E-state index contributed by atoms with van der Waals surface area (Å²) in [5.74, 6) is 6.26. The van der Waals surface area contributed by atoms with Crippen molar-refractivity contribution >= 4 is 11.6 Å². The van der Waals surface area contributed by atoms with Crippen molar-refractivity contribution in [3.05, 3.63) is 53.8 Å². The Morgan fingerprint density at radius 1 is 1.23 bits per heavy atom. The van der Waals surface area contributed by atoms with Gasteiger partial charge in [-0.05, 0) is 36.4 Å². The Morgan fingerprint density at radius 3 is 2.86 bits per heavy atom. The van der Waals surface area contributed by atoms with E-state index in [2.05, 4.69) is 17.2 Å². The molecule has 0 spiro atoms. The maximum atomic E-state index is 12.8. The van der Waals surface area contributed by atoms with Crippen molar-refractivity contribution in [2.24, 2.45) is 0 Å². The zero-order valence-electron chi connectivity index (χ0n) is 11.6. The summed E-state index contributed by atoms with van der Waals surface area (Å²) in [6.45, 7) is 0.143. The largest absolute Gasteiger partial charge is 0.481 e. The van der Waals surface area contributed by atoms with Gasteiger partial charge in [-0.25, -0.2) is 4.39 Å². The summed E-state index contributed by atoms with van der Waals surface area (Å²) in [6, 6.07) is 11.2. The van der Waals surface area contributed by atoms with E-state index in [-0.39, 0.29) is 24.9 Å². The van der Waals surface area contributed by atoms with Gasteiger partial charge in [0.15, 0.2) is 6.61 Å². The number of amides is 1. The number of fused-ring (bicyclic) bond motifs is 1. The van der Waals surface area contributed by atoms with Crippen LogP contribution in [0.15, 0.2) is 42.5 Å². The van der Waals surface area contributed by atoms with Crippen molar-refractivity contribution in [2.45, 2.75) is 0 Å². The number of rotatable bonds is 2. The van der Waals surface area contributed by atoms with Crippen LogP contribution in [-0.4, -0.2) is 19.1 Å². The van der Waals surface area contributed by atoms with Gasteiger partial charge >= 0.3 is 0 Å². The Labute approximate surface area is 126 Å². The summed E-state index contributed by atoms with van der Waals surface area (Å²) in [5, 5.41) is 2.71. The second-order valence-electron chi connectivity index (χ2n) is 4.56. The molecule has 22 heavy (non-hydrogen) atoms. The first-order valence-electron chi connectivity index (χ1n) is 6.65. The van der Waals surface area contributed by atoms with Gasteiger partial charge in [-0.15, -0.1) is 0 Å². The van der Waals surface area contributed by atoms with Crippen LogP contribution < -0.4 is 14.8 Å². The first kappa shape index (κ1) is 14.0. The Morgan fingerprint density at radius 2 is 2.05 bits per heavy atom. The highest BCUT2D eigenvalue weighted by atomic mass is 19.1. The van der Waals surface area contributed by atoms with E-state index >= 15 is 0 Å². The third-order valence-corrected chi connectivity index (χ3v) is 2.99. The Hall–Kier alpha value is -3.00. The summed E-state index contributed by atoms with van der Waals surface area (Å²) >= 11 is 0. The molecule has 0 saturated carbocycles. The zero-order chi connectivity index (χ0) is 15.4. The van der Waals surface area contributed by atoms with Crippen molar-refractivity contribution in [1.29, 1.82) is 0 Å². The third kappa shape index (κ3) is 3.18. The zero-order valence-corrected chi connectivity index (χ0v) is 11.6. The molecule has 1 heterocycles. The average Bonchev–Trinajstić information content (AvgIpc) is 2.53. The normalized spacial score (nSPS) is 12.3. The molecule has 3 rings (SSSR count). The fraction of sp³-hybridized carbons (Fsp3) is 0.118. The highest BCUT2D eigenvalue weighted by Gasteiger charge is 2.19. The van der Waals surface area contributed by atoms with Gasteiger partial charge < -0.3 is 14.8 Å². The number of carbonyl (C=O) groups is 1. The number of carbonyl (C=O) groups excluding carboxylic acids is 1. The molecule has 110 valence electrons. The van der Waals surface area contributed by atoms with E-state index in [1.165, 1.54) is 12.1 Å². The smallest absolute Gasteiger partial charge is 0.262 e. The van der Waals surface area contributed by atoms with E-state index in [1.807, 2.05) is 0 Å². The fourth-order valence-corrected chi connectivity index (χ4v) is 1.98. The number of halogens is 1. The minimum atomic E-state index is -0.298. The van der Waals surface area contributed by atoms with Crippen molar-refractivity contribution in [1.82, 2.24) is 0 Å². The number of hydrogen-bond donors (Lipinski definition) is 1. The molecule has 1 aliphatic heterocycles. The monoisotopic (exact) mass is 297 g/mol. The lowest BCUT2D eigenvalue weighted by molar-refractivity contribution is -0.118. The van der Waals surface area contributed by atoms with Crippen LogP contribution in [-0.2, 0) is 4.79 Å². The summed E-state index contributed by atoms with van der Waals surface area (Å²) < 4.78 is 23.6. The molecule has 0 fully saturated rings. The van der Waals surface area contributed by atoms with Crippen LogP contribution in [0.25, 0.3) is 0 Å². The first-order chi connectivity index (χ1) is 10.7. The van der Waals surface area contributed by atoms with E-state index in [0.29, 0.717) is 22.7 Å². The Balaban J connectivity index is 1.68. The van der Waals surface area contributed by atoms with Crippen LogP contribution >= 0.6 is 0 Å². The second kappa shape index (κ2) is 6.19. The molecule has 0 radical (unpaired) electrons. The molecule has 4 nitrogen and oxygen atoms in total. The number of ether oxygens (including phenoxy) is 2.